The Kier molecular flexibility index (Phi) is 5.31. The van der Waals surface area contributed by atoms with Crippen LogP contribution in [0.4, 0.5) is 0 Å². The summed E-state index contributed by atoms with van der Waals surface area (Å²) >= 11 is 0. The van der Waals surface area contributed by atoms with E-state index in [2.05, 4.69) is 0 Å². The molecule has 112 valence electrons. The Labute approximate surface area is 115 Å². The molecule has 0 saturated carbocycles. The minimum atomic E-state index is -3.39. The van der Waals surface area contributed by atoms with E-state index < -0.39 is 16.3 Å². The van der Waals surface area contributed by atoms with Crippen molar-refractivity contribution in [3.05, 3.63) is 0 Å². The molecule has 19 heavy (non-hydrogen) atoms. The number of carbonyl (C=O) groups is 1. The van der Waals surface area contributed by atoms with E-state index in [0.717, 1.165) is 0 Å². The van der Waals surface area contributed by atoms with Gasteiger partial charge in [-0.15, -0.1) is 0 Å². The molecule has 0 aromatic rings. The fourth-order valence-corrected chi connectivity index (χ4v) is 2.95. The lowest BCUT2D eigenvalue weighted by atomic mass is 10.0. The molecule has 0 spiro atoms. The Hall–Kier alpha value is -0.700. The van der Waals surface area contributed by atoms with Crippen molar-refractivity contribution < 1.29 is 13.2 Å². The molecule has 1 fully saturated rings. The molecule has 1 heterocycles. The van der Waals surface area contributed by atoms with Gasteiger partial charge in [-0.1, -0.05) is 13.8 Å². The molecule has 0 aliphatic carbocycles. The molecule has 2 N–H and O–H groups in total. The Morgan fingerprint density at radius 3 is 2.00 bits per heavy atom. The van der Waals surface area contributed by atoms with Crippen LogP contribution in [-0.2, 0) is 15.0 Å². The van der Waals surface area contributed by atoms with Gasteiger partial charge in [0.05, 0.1) is 6.04 Å². The highest BCUT2D eigenvalue weighted by molar-refractivity contribution is 7.86. The zero-order valence-corrected chi connectivity index (χ0v) is 12.9. The number of amides is 1. The second-order valence-corrected chi connectivity index (χ2v) is 7.43. The topological polar surface area (TPSA) is 87.0 Å². The second kappa shape index (κ2) is 6.17. The number of piperazine rings is 1. The third-order valence-electron chi connectivity index (χ3n) is 3.34. The molecule has 0 unspecified atom stereocenters. The van der Waals surface area contributed by atoms with Crippen molar-refractivity contribution >= 4 is 16.1 Å². The molecule has 1 rings (SSSR count). The SMILES string of the molecule is CC(C)[C@H](N)C(=O)N1CCN(S(=O)(=O)N(C)C)CC1. The Balaban J connectivity index is 2.61. The summed E-state index contributed by atoms with van der Waals surface area (Å²) in [5.74, 6) is -0.0204. The summed E-state index contributed by atoms with van der Waals surface area (Å²) in [5, 5.41) is 0. The number of nitrogens with zero attached hydrogens (tertiary/aromatic N) is 3. The van der Waals surface area contributed by atoms with Gasteiger partial charge in [0.15, 0.2) is 0 Å². The molecule has 0 aromatic carbocycles. The van der Waals surface area contributed by atoms with Crippen molar-refractivity contribution in [3.8, 4) is 0 Å². The summed E-state index contributed by atoms with van der Waals surface area (Å²) < 4.78 is 26.4. The molecule has 0 aromatic heterocycles. The molecule has 8 heteroatoms. The summed E-state index contributed by atoms with van der Waals surface area (Å²) in [7, 11) is -0.385. The quantitative estimate of drug-likeness (QED) is 0.714. The molecule has 0 bridgehead atoms. The van der Waals surface area contributed by atoms with Crippen LogP contribution in [0.5, 0.6) is 0 Å². The van der Waals surface area contributed by atoms with Gasteiger partial charge in [0, 0.05) is 40.3 Å². The maximum absolute atomic E-state index is 12.1. The molecule has 0 radical (unpaired) electrons. The van der Waals surface area contributed by atoms with Crippen LogP contribution in [0.3, 0.4) is 0 Å². The zero-order chi connectivity index (χ0) is 14.8. The number of rotatable bonds is 4. The lowest BCUT2D eigenvalue weighted by Gasteiger charge is -2.36. The summed E-state index contributed by atoms with van der Waals surface area (Å²) in [5.41, 5.74) is 5.83. The monoisotopic (exact) mass is 292 g/mol. The van der Waals surface area contributed by atoms with E-state index >= 15 is 0 Å². The van der Waals surface area contributed by atoms with Crippen LogP contribution in [-0.4, -0.2) is 74.2 Å². The maximum Gasteiger partial charge on any atom is 0.281 e. The maximum atomic E-state index is 12.1. The van der Waals surface area contributed by atoms with Crippen LogP contribution in [0.15, 0.2) is 0 Å². The van der Waals surface area contributed by atoms with Crippen molar-refractivity contribution in [1.29, 1.82) is 0 Å². The van der Waals surface area contributed by atoms with Gasteiger partial charge in [0.25, 0.3) is 10.2 Å². The van der Waals surface area contributed by atoms with Gasteiger partial charge < -0.3 is 10.6 Å². The van der Waals surface area contributed by atoms with E-state index in [0.29, 0.717) is 26.2 Å². The first-order valence-corrected chi connectivity index (χ1v) is 7.79. The largest absolute Gasteiger partial charge is 0.339 e. The molecular formula is C11H24N4O3S. The van der Waals surface area contributed by atoms with Gasteiger partial charge in [-0.2, -0.15) is 17.0 Å². The summed E-state index contributed by atoms with van der Waals surface area (Å²) in [6, 6.07) is -0.517. The van der Waals surface area contributed by atoms with Crippen molar-refractivity contribution in [2.45, 2.75) is 19.9 Å². The van der Waals surface area contributed by atoms with Crippen LogP contribution in [0, 0.1) is 5.92 Å². The number of hydrogen-bond donors (Lipinski definition) is 1. The number of hydrogen-bond acceptors (Lipinski definition) is 4. The highest BCUT2D eigenvalue weighted by Crippen LogP contribution is 2.12. The zero-order valence-electron chi connectivity index (χ0n) is 12.0. The molecule has 1 aliphatic rings. The molecule has 1 saturated heterocycles. The van der Waals surface area contributed by atoms with Crippen LogP contribution in [0.25, 0.3) is 0 Å². The second-order valence-electron chi connectivity index (χ2n) is 5.28. The van der Waals surface area contributed by atoms with Gasteiger partial charge >= 0.3 is 0 Å². The van der Waals surface area contributed by atoms with E-state index in [1.54, 1.807) is 4.90 Å². The predicted molar refractivity (Wildman–Crippen MR) is 73.6 cm³/mol. The minimum Gasteiger partial charge on any atom is -0.339 e. The van der Waals surface area contributed by atoms with Gasteiger partial charge in [-0.25, -0.2) is 0 Å². The Morgan fingerprint density at radius 1 is 1.16 bits per heavy atom. The molecule has 1 atom stereocenters. The van der Waals surface area contributed by atoms with Gasteiger partial charge in [0.1, 0.15) is 0 Å². The normalized spacial score (nSPS) is 20.1. The first-order chi connectivity index (χ1) is 8.67. The highest BCUT2D eigenvalue weighted by Gasteiger charge is 2.32. The molecular weight excluding hydrogens is 268 g/mol. The van der Waals surface area contributed by atoms with E-state index in [4.69, 9.17) is 5.73 Å². The Bertz CT molecular complexity index is 414. The number of nitrogens with two attached hydrogens (primary N) is 1. The molecule has 7 nitrogen and oxygen atoms in total. The standard InChI is InChI=1S/C11H24N4O3S/c1-9(2)10(12)11(16)14-5-7-15(8-6-14)19(17,18)13(3)4/h9-10H,5-8,12H2,1-4H3/t10-/m0/s1. The van der Waals surface area contributed by atoms with Crippen molar-refractivity contribution in [2.75, 3.05) is 40.3 Å². The van der Waals surface area contributed by atoms with Gasteiger partial charge in [-0.05, 0) is 5.92 Å². The van der Waals surface area contributed by atoms with Crippen molar-refractivity contribution in [1.82, 2.24) is 13.5 Å². The molecule has 1 aliphatic heterocycles. The number of carbonyl (C=O) groups excluding carboxylic acids is 1. The summed E-state index contributed by atoms with van der Waals surface area (Å²) in [6.07, 6.45) is 0. The van der Waals surface area contributed by atoms with Crippen molar-refractivity contribution in [3.63, 3.8) is 0 Å². The van der Waals surface area contributed by atoms with Crippen molar-refractivity contribution in [2.24, 2.45) is 11.7 Å². The summed E-state index contributed by atoms with van der Waals surface area (Å²) in [6.45, 7) is 5.22. The van der Waals surface area contributed by atoms with E-state index in [-0.39, 0.29) is 11.8 Å². The fourth-order valence-electron chi connectivity index (χ4n) is 1.87. The molecule has 1 amide bonds. The van der Waals surface area contributed by atoms with E-state index in [1.165, 1.54) is 22.7 Å². The van der Waals surface area contributed by atoms with E-state index in [9.17, 15) is 13.2 Å². The third kappa shape index (κ3) is 3.65. The van der Waals surface area contributed by atoms with Crippen LogP contribution in [0.2, 0.25) is 0 Å². The lowest BCUT2D eigenvalue weighted by molar-refractivity contribution is -0.134. The van der Waals surface area contributed by atoms with E-state index in [1.807, 2.05) is 13.8 Å². The lowest BCUT2D eigenvalue weighted by Crippen LogP contribution is -2.56. The first kappa shape index (κ1) is 16.4. The van der Waals surface area contributed by atoms with Gasteiger partial charge in [-0.3, -0.25) is 4.79 Å². The Morgan fingerprint density at radius 2 is 1.63 bits per heavy atom. The van der Waals surface area contributed by atoms with Crippen LogP contribution < -0.4 is 5.73 Å². The highest BCUT2D eigenvalue weighted by atomic mass is 32.2. The van der Waals surface area contributed by atoms with Gasteiger partial charge in [0.2, 0.25) is 5.91 Å². The van der Waals surface area contributed by atoms with Crippen LogP contribution >= 0.6 is 0 Å². The average Bonchev–Trinajstić information content (AvgIpc) is 2.36. The smallest absolute Gasteiger partial charge is 0.281 e. The van der Waals surface area contributed by atoms with Crippen LogP contribution in [0.1, 0.15) is 13.8 Å². The predicted octanol–water partition coefficient (Wildman–Crippen LogP) is -1.08. The minimum absolute atomic E-state index is 0.0797. The average molecular weight is 292 g/mol. The third-order valence-corrected chi connectivity index (χ3v) is 5.28. The first-order valence-electron chi connectivity index (χ1n) is 6.40. The fraction of sp³-hybridized carbons (Fsp3) is 0.909. The summed E-state index contributed by atoms with van der Waals surface area (Å²) in [4.78, 5) is 13.7.